The third-order valence-electron chi connectivity index (χ3n) is 3.80. The minimum Gasteiger partial charge on any atom is -0.318 e. The number of nitrogens with one attached hydrogen (secondary N) is 1. The highest BCUT2D eigenvalue weighted by Crippen LogP contribution is 2.22. The number of halogens is 1. The van der Waals surface area contributed by atoms with Crippen molar-refractivity contribution in [3.05, 3.63) is 33.8 Å². The molecule has 1 aliphatic rings. The molecule has 1 saturated heterocycles. The molecule has 0 amide bonds. The Hall–Kier alpha value is -0.380. The summed E-state index contributed by atoms with van der Waals surface area (Å²) in [6.45, 7) is 5.59. The van der Waals surface area contributed by atoms with Crippen molar-refractivity contribution in [1.82, 2.24) is 10.2 Å². The van der Waals surface area contributed by atoms with Crippen LogP contribution >= 0.6 is 15.9 Å². The predicted octanol–water partition coefficient (Wildman–Crippen LogP) is 3.33. The first kappa shape index (κ1) is 14.0. The van der Waals surface area contributed by atoms with E-state index in [4.69, 9.17) is 0 Å². The van der Waals surface area contributed by atoms with Gasteiger partial charge in [0.25, 0.3) is 0 Å². The molecule has 1 heterocycles. The van der Waals surface area contributed by atoms with Crippen LogP contribution in [0.4, 0.5) is 0 Å². The van der Waals surface area contributed by atoms with Crippen LogP contribution in [0.2, 0.25) is 0 Å². The molecule has 0 saturated carbocycles. The summed E-state index contributed by atoms with van der Waals surface area (Å²) in [7, 11) is 2.05. The van der Waals surface area contributed by atoms with Crippen molar-refractivity contribution >= 4 is 15.9 Å². The van der Waals surface area contributed by atoms with Crippen LogP contribution in [0.3, 0.4) is 0 Å². The molecule has 1 aromatic rings. The lowest BCUT2D eigenvalue weighted by molar-refractivity contribution is 0.139. The largest absolute Gasteiger partial charge is 0.318 e. The van der Waals surface area contributed by atoms with Gasteiger partial charge in [0.1, 0.15) is 0 Å². The lowest BCUT2D eigenvalue weighted by atomic mass is 10.0. The fourth-order valence-corrected chi connectivity index (χ4v) is 3.02. The summed E-state index contributed by atoms with van der Waals surface area (Å²) >= 11 is 3.57. The van der Waals surface area contributed by atoms with Crippen molar-refractivity contribution < 1.29 is 0 Å². The average Bonchev–Trinajstić information content (AvgIpc) is 2.37. The van der Waals surface area contributed by atoms with Crippen LogP contribution in [0.15, 0.2) is 22.7 Å². The first-order valence-electron chi connectivity index (χ1n) is 6.84. The number of piperidine rings is 1. The number of likely N-dealkylation sites (tertiary alicyclic amines) is 1. The molecule has 3 heteroatoms. The molecule has 1 N–H and O–H groups in total. The molecule has 100 valence electrons. The summed E-state index contributed by atoms with van der Waals surface area (Å²) in [6.07, 6.45) is 4.05. The molecule has 1 aliphatic heterocycles. The smallest absolute Gasteiger partial charge is 0.0237 e. The lowest BCUT2D eigenvalue weighted by Gasteiger charge is -2.35. The second-order valence-electron chi connectivity index (χ2n) is 5.26. The van der Waals surface area contributed by atoms with E-state index in [0.29, 0.717) is 6.04 Å². The minimum atomic E-state index is 0.702. The maximum Gasteiger partial charge on any atom is 0.0237 e. The van der Waals surface area contributed by atoms with Crippen LogP contribution in [-0.2, 0) is 6.54 Å². The van der Waals surface area contributed by atoms with Crippen molar-refractivity contribution in [2.75, 3.05) is 20.1 Å². The summed E-state index contributed by atoms with van der Waals surface area (Å²) in [5.74, 6) is 0. The van der Waals surface area contributed by atoms with E-state index in [2.05, 4.69) is 58.3 Å². The monoisotopic (exact) mass is 310 g/mol. The van der Waals surface area contributed by atoms with Gasteiger partial charge < -0.3 is 5.32 Å². The summed E-state index contributed by atoms with van der Waals surface area (Å²) in [6, 6.07) is 7.41. The van der Waals surface area contributed by atoms with E-state index in [1.165, 1.54) is 41.4 Å². The number of rotatable bonds is 4. The lowest BCUT2D eigenvalue weighted by Crippen LogP contribution is -2.44. The van der Waals surface area contributed by atoms with Crippen LogP contribution in [0, 0.1) is 6.92 Å². The molecule has 0 aromatic heterocycles. The molecule has 0 bridgehead atoms. The van der Waals surface area contributed by atoms with Gasteiger partial charge in [-0.2, -0.15) is 0 Å². The number of hydrogen-bond acceptors (Lipinski definition) is 2. The predicted molar refractivity (Wildman–Crippen MR) is 80.9 cm³/mol. The number of aryl methyl sites for hydroxylation is 1. The van der Waals surface area contributed by atoms with Gasteiger partial charge in [0.15, 0.2) is 0 Å². The van der Waals surface area contributed by atoms with Crippen LogP contribution in [0.1, 0.15) is 30.4 Å². The minimum absolute atomic E-state index is 0.702. The molecular formula is C15H23BrN2. The molecule has 18 heavy (non-hydrogen) atoms. The topological polar surface area (TPSA) is 15.3 Å². The van der Waals surface area contributed by atoms with Gasteiger partial charge in [-0.1, -0.05) is 34.5 Å². The fourth-order valence-electron chi connectivity index (χ4n) is 2.77. The zero-order chi connectivity index (χ0) is 13.0. The van der Waals surface area contributed by atoms with Gasteiger partial charge in [-0.25, -0.2) is 0 Å². The van der Waals surface area contributed by atoms with Crippen molar-refractivity contribution in [3.8, 4) is 0 Å². The van der Waals surface area contributed by atoms with Gasteiger partial charge in [-0.3, -0.25) is 4.90 Å². The maximum atomic E-state index is 3.57. The second-order valence-corrected chi connectivity index (χ2v) is 6.12. The van der Waals surface area contributed by atoms with Gasteiger partial charge in [-0.15, -0.1) is 0 Å². The Morgan fingerprint density at radius 2 is 2.22 bits per heavy atom. The van der Waals surface area contributed by atoms with Gasteiger partial charge in [0, 0.05) is 23.6 Å². The zero-order valence-corrected chi connectivity index (χ0v) is 13.0. The average molecular weight is 311 g/mol. The van der Waals surface area contributed by atoms with Crippen molar-refractivity contribution in [2.45, 2.75) is 38.8 Å². The Morgan fingerprint density at radius 3 is 2.94 bits per heavy atom. The third-order valence-corrected chi connectivity index (χ3v) is 4.69. The Balaban J connectivity index is 2.03. The van der Waals surface area contributed by atoms with Gasteiger partial charge in [0.05, 0.1) is 0 Å². The molecule has 0 spiro atoms. The maximum absolute atomic E-state index is 3.57. The van der Waals surface area contributed by atoms with E-state index < -0.39 is 0 Å². The molecular weight excluding hydrogens is 288 g/mol. The normalized spacial score (nSPS) is 21.2. The molecule has 1 atom stereocenters. The van der Waals surface area contributed by atoms with Crippen molar-refractivity contribution in [3.63, 3.8) is 0 Å². The Bertz CT molecular complexity index is 390. The van der Waals surface area contributed by atoms with Crippen LogP contribution < -0.4 is 5.32 Å². The molecule has 1 aromatic carbocycles. The molecule has 2 nitrogen and oxygen atoms in total. The van der Waals surface area contributed by atoms with Gasteiger partial charge in [0.2, 0.25) is 0 Å². The van der Waals surface area contributed by atoms with E-state index in [9.17, 15) is 0 Å². The van der Waals surface area contributed by atoms with Gasteiger partial charge >= 0.3 is 0 Å². The van der Waals surface area contributed by atoms with Crippen molar-refractivity contribution in [1.29, 1.82) is 0 Å². The first-order chi connectivity index (χ1) is 8.70. The van der Waals surface area contributed by atoms with Crippen molar-refractivity contribution in [2.24, 2.45) is 0 Å². The van der Waals surface area contributed by atoms with Crippen LogP contribution in [0.5, 0.6) is 0 Å². The third kappa shape index (κ3) is 3.56. The fraction of sp³-hybridized carbons (Fsp3) is 0.600. The molecule has 1 fully saturated rings. The summed E-state index contributed by atoms with van der Waals surface area (Å²) in [5, 5.41) is 3.32. The Morgan fingerprint density at radius 1 is 1.39 bits per heavy atom. The quantitative estimate of drug-likeness (QED) is 0.917. The Labute approximate surface area is 119 Å². The second kappa shape index (κ2) is 6.69. The summed E-state index contributed by atoms with van der Waals surface area (Å²) in [4.78, 5) is 2.63. The molecule has 1 unspecified atom stereocenters. The Kier molecular flexibility index (Phi) is 5.22. The highest BCUT2D eigenvalue weighted by atomic mass is 79.9. The van der Waals surface area contributed by atoms with Gasteiger partial charge in [-0.05, 0) is 50.6 Å². The molecule has 0 aliphatic carbocycles. The highest BCUT2D eigenvalue weighted by molar-refractivity contribution is 9.10. The van der Waals surface area contributed by atoms with E-state index in [1.54, 1.807) is 0 Å². The van der Waals surface area contributed by atoms with Crippen LogP contribution in [-0.4, -0.2) is 31.1 Å². The number of hydrogen-bond donors (Lipinski definition) is 1. The standard InChI is InChI=1S/C15H23BrN2/c1-12-9-13(6-7-15(12)16)11-18-8-4-3-5-14(18)10-17-2/h6-7,9,14,17H,3-5,8,10-11H2,1-2H3. The number of benzene rings is 1. The first-order valence-corrected chi connectivity index (χ1v) is 7.63. The van der Waals surface area contributed by atoms with E-state index in [1.807, 2.05) is 0 Å². The number of likely N-dealkylation sites (N-methyl/N-ethyl adjacent to an activating group) is 1. The molecule has 2 rings (SSSR count). The van der Waals surface area contributed by atoms with E-state index in [0.717, 1.165) is 13.1 Å². The summed E-state index contributed by atoms with van der Waals surface area (Å²) in [5.41, 5.74) is 2.76. The summed E-state index contributed by atoms with van der Waals surface area (Å²) < 4.78 is 1.21. The van der Waals surface area contributed by atoms with Crippen LogP contribution in [0.25, 0.3) is 0 Å². The zero-order valence-electron chi connectivity index (χ0n) is 11.4. The van der Waals surface area contributed by atoms with E-state index in [-0.39, 0.29) is 0 Å². The highest BCUT2D eigenvalue weighted by Gasteiger charge is 2.21. The molecule has 0 radical (unpaired) electrons. The number of nitrogens with zero attached hydrogens (tertiary/aromatic N) is 1. The SMILES string of the molecule is CNCC1CCCCN1Cc1ccc(Br)c(C)c1. The van der Waals surface area contributed by atoms with E-state index >= 15 is 0 Å².